The van der Waals surface area contributed by atoms with Crippen LogP contribution in [-0.2, 0) is 0 Å². The molecule has 6 heteroatoms. The van der Waals surface area contributed by atoms with Gasteiger partial charge in [0.25, 0.3) is 11.8 Å². The maximum absolute atomic E-state index is 12.6. The molecule has 0 heterocycles. The SMILES string of the molecule is COc1ccc(C(=O)N(C)C)cc1NC(=O)c1ccc(SC(C)C)cc1. The zero-order valence-corrected chi connectivity index (χ0v) is 16.5. The topological polar surface area (TPSA) is 58.6 Å². The third kappa shape index (κ3) is 5.02. The first-order valence-corrected chi connectivity index (χ1v) is 9.17. The van der Waals surface area contributed by atoms with Crippen LogP contribution in [0.2, 0.25) is 0 Å². The van der Waals surface area contributed by atoms with Crippen molar-refractivity contribution in [3.63, 3.8) is 0 Å². The molecule has 0 radical (unpaired) electrons. The van der Waals surface area contributed by atoms with E-state index >= 15 is 0 Å². The molecule has 2 aromatic rings. The van der Waals surface area contributed by atoms with E-state index in [0.717, 1.165) is 4.90 Å². The lowest BCUT2D eigenvalue weighted by atomic mass is 10.1. The predicted octanol–water partition coefficient (Wildman–Crippen LogP) is 4.15. The molecule has 138 valence electrons. The van der Waals surface area contributed by atoms with Crippen LogP contribution < -0.4 is 10.1 Å². The van der Waals surface area contributed by atoms with Gasteiger partial charge in [0, 0.05) is 35.4 Å². The molecule has 0 aliphatic carbocycles. The zero-order valence-electron chi connectivity index (χ0n) is 15.7. The molecule has 2 amide bonds. The molecule has 2 aromatic carbocycles. The molecular weight excluding hydrogens is 348 g/mol. The fourth-order valence-corrected chi connectivity index (χ4v) is 3.19. The number of amides is 2. The van der Waals surface area contributed by atoms with Gasteiger partial charge in [-0.15, -0.1) is 11.8 Å². The van der Waals surface area contributed by atoms with Gasteiger partial charge in [-0.25, -0.2) is 0 Å². The molecule has 0 aliphatic heterocycles. The standard InChI is InChI=1S/C20H24N2O3S/c1-13(2)26-16-9-6-14(7-10-16)19(23)21-17-12-15(20(24)22(3)4)8-11-18(17)25-5/h6-13H,1-5H3,(H,21,23). The number of rotatable bonds is 6. The fourth-order valence-electron chi connectivity index (χ4n) is 2.35. The van der Waals surface area contributed by atoms with Gasteiger partial charge >= 0.3 is 0 Å². The molecule has 0 fully saturated rings. The molecule has 0 atom stereocenters. The van der Waals surface area contributed by atoms with Crippen molar-refractivity contribution in [1.29, 1.82) is 0 Å². The Morgan fingerprint density at radius 3 is 2.19 bits per heavy atom. The Morgan fingerprint density at radius 2 is 1.65 bits per heavy atom. The van der Waals surface area contributed by atoms with E-state index in [0.29, 0.717) is 27.8 Å². The molecule has 0 aromatic heterocycles. The van der Waals surface area contributed by atoms with Gasteiger partial charge in [-0.2, -0.15) is 0 Å². The van der Waals surface area contributed by atoms with Crippen LogP contribution in [0, 0.1) is 0 Å². The van der Waals surface area contributed by atoms with Crippen molar-refractivity contribution in [2.45, 2.75) is 24.0 Å². The first kappa shape index (κ1) is 19.8. The number of thioether (sulfide) groups is 1. The normalized spacial score (nSPS) is 10.5. The van der Waals surface area contributed by atoms with E-state index in [-0.39, 0.29) is 11.8 Å². The van der Waals surface area contributed by atoms with Crippen LogP contribution in [-0.4, -0.2) is 43.2 Å². The van der Waals surface area contributed by atoms with Crippen molar-refractivity contribution in [3.05, 3.63) is 53.6 Å². The molecule has 0 aliphatic rings. The average molecular weight is 372 g/mol. The van der Waals surface area contributed by atoms with E-state index < -0.39 is 0 Å². The highest BCUT2D eigenvalue weighted by Crippen LogP contribution is 2.27. The highest BCUT2D eigenvalue weighted by atomic mass is 32.2. The van der Waals surface area contributed by atoms with Gasteiger partial charge in [-0.1, -0.05) is 13.8 Å². The van der Waals surface area contributed by atoms with Gasteiger partial charge < -0.3 is 15.0 Å². The largest absolute Gasteiger partial charge is 0.495 e. The Bertz CT molecular complexity index is 786. The third-order valence-electron chi connectivity index (χ3n) is 3.59. The lowest BCUT2D eigenvalue weighted by molar-refractivity contribution is 0.0827. The Hall–Kier alpha value is -2.47. The van der Waals surface area contributed by atoms with Crippen LogP contribution in [0.4, 0.5) is 5.69 Å². The van der Waals surface area contributed by atoms with Crippen molar-refractivity contribution in [2.75, 3.05) is 26.5 Å². The number of ether oxygens (including phenoxy) is 1. The van der Waals surface area contributed by atoms with E-state index in [2.05, 4.69) is 19.2 Å². The summed E-state index contributed by atoms with van der Waals surface area (Å²) in [5, 5.41) is 3.31. The number of benzene rings is 2. The summed E-state index contributed by atoms with van der Waals surface area (Å²) < 4.78 is 5.30. The summed E-state index contributed by atoms with van der Waals surface area (Å²) in [5.74, 6) is 0.109. The van der Waals surface area contributed by atoms with Crippen molar-refractivity contribution in [3.8, 4) is 5.75 Å². The summed E-state index contributed by atoms with van der Waals surface area (Å²) in [5.41, 5.74) is 1.49. The van der Waals surface area contributed by atoms with E-state index in [1.807, 2.05) is 12.1 Å². The molecule has 0 saturated carbocycles. The molecule has 0 spiro atoms. The summed E-state index contributed by atoms with van der Waals surface area (Å²) in [7, 11) is 4.89. The molecule has 1 N–H and O–H groups in total. The second-order valence-electron chi connectivity index (χ2n) is 6.26. The van der Waals surface area contributed by atoms with Crippen LogP contribution in [0.3, 0.4) is 0 Å². The lowest BCUT2D eigenvalue weighted by Crippen LogP contribution is -2.22. The van der Waals surface area contributed by atoms with Crippen molar-refractivity contribution in [1.82, 2.24) is 4.90 Å². The summed E-state index contributed by atoms with van der Waals surface area (Å²) in [6.45, 7) is 4.25. The van der Waals surface area contributed by atoms with E-state index in [4.69, 9.17) is 4.74 Å². The number of hydrogen-bond donors (Lipinski definition) is 1. The third-order valence-corrected chi connectivity index (χ3v) is 4.60. The summed E-state index contributed by atoms with van der Waals surface area (Å²) in [6, 6.07) is 12.4. The highest BCUT2D eigenvalue weighted by molar-refractivity contribution is 7.99. The maximum Gasteiger partial charge on any atom is 0.255 e. The number of nitrogens with one attached hydrogen (secondary N) is 1. The molecule has 2 rings (SSSR count). The predicted molar refractivity (Wildman–Crippen MR) is 106 cm³/mol. The molecular formula is C20H24N2O3S. The van der Waals surface area contributed by atoms with Gasteiger partial charge in [-0.05, 0) is 42.5 Å². The van der Waals surface area contributed by atoms with E-state index in [1.165, 1.54) is 12.0 Å². The highest BCUT2D eigenvalue weighted by Gasteiger charge is 2.14. The van der Waals surface area contributed by atoms with Crippen molar-refractivity contribution in [2.24, 2.45) is 0 Å². The minimum Gasteiger partial charge on any atom is -0.495 e. The minimum atomic E-state index is -0.251. The van der Waals surface area contributed by atoms with Gasteiger partial charge in [0.05, 0.1) is 12.8 Å². The Balaban J connectivity index is 2.22. The van der Waals surface area contributed by atoms with Crippen molar-refractivity contribution < 1.29 is 14.3 Å². The average Bonchev–Trinajstić information content (AvgIpc) is 2.61. The maximum atomic E-state index is 12.6. The number of methoxy groups -OCH3 is 1. The van der Waals surface area contributed by atoms with E-state index in [1.54, 1.807) is 56.2 Å². The Kier molecular flexibility index (Phi) is 6.69. The lowest BCUT2D eigenvalue weighted by Gasteiger charge is -2.14. The van der Waals surface area contributed by atoms with Gasteiger partial charge in [0.1, 0.15) is 5.75 Å². The number of anilines is 1. The fraction of sp³-hybridized carbons (Fsp3) is 0.300. The van der Waals surface area contributed by atoms with Crippen LogP contribution in [0.25, 0.3) is 0 Å². The van der Waals surface area contributed by atoms with Crippen LogP contribution >= 0.6 is 11.8 Å². The molecule has 0 saturated heterocycles. The second-order valence-corrected chi connectivity index (χ2v) is 7.91. The Morgan fingerprint density at radius 1 is 1.04 bits per heavy atom. The van der Waals surface area contributed by atoms with Crippen molar-refractivity contribution >= 4 is 29.3 Å². The monoisotopic (exact) mass is 372 g/mol. The molecule has 26 heavy (non-hydrogen) atoms. The van der Waals surface area contributed by atoms with Crippen LogP contribution in [0.15, 0.2) is 47.4 Å². The molecule has 0 unspecified atom stereocenters. The summed E-state index contributed by atoms with van der Waals surface area (Å²) >= 11 is 1.74. The van der Waals surface area contributed by atoms with E-state index in [9.17, 15) is 9.59 Å². The smallest absolute Gasteiger partial charge is 0.255 e. The quantitative estimate of drug-likeness (QED) is 0.774. The van der Waals surface area contributed by atoms with Gasteiger partial charge in [-0.3, -0.25) is 9.59 Å². The number of hydrogen-bond acceptors (Lipinski definition) is 4. The minimum absolute atomic E-state index is 0.141. The number of carbonyl (C=O) groups is 2. The first-order chi connectivity index (χ1) is 12.3. The van der Waals surface area contributed by atoms with Gasteiger partial charge in [0.2, 0.25) is 0 Å². The Labute approximate surface area is 158 Å². The van der Waals surface area contributed by atoms with Gasteiger partial charge in [0.15, 0.2) is 0 Å². The number of nitrogens with zero attached hydrogens (tertiary/aromatic N) is 1. The summed E-state index contributed by atoms with van der Waals surface area (Å²) in [6.07, 6.45) is 0. The van der Waals surface area contributed by atoms with Crippen LogP contribution in [0.5, 0.6) is 5.75 Å². The molecule has 5 nitrogen and oxygen atoms in total. The van der Waals surface area contributed by atoms with Crippen LogP contribution in [0.1, 0.15) is 34.6 Å². The second kappa shape index (κ2) is 8.76. The number of carbonyl (C=O) groups excluding carboxylic acids is 2. The summed E-state index contributed by atoms with van der Waals surface area (Å²) in [4.78, 5) is 27.3. The molecule has 0 bridgehead atoms. The first-order valence-electron chi connectivity index (χ1n) is 8.29. The zero-order chi connectivity index (χ0) is 19.3.